The maximum atomic E-state index is 12.4. The molecular formula is C18H18N4OS. The molecule has 1 heterocycles. The zero-order chi connectivity index (χ0) is 16.9. The molecule has 5 nitrogen and oxygen atoms in total. The molecule has 24 heavy (non-hydrogen) atoms. The van der Waals surface area contributed by atoms with Crippen molar-refractivity contribution in [2.24, 2.45) is 7.05 Å². The lowest BCUT2D eigenvalue weighted by Crippen LogP contribution is -2.12. The first-order valence-corrected chi connectivity index (χ1v) is 8.48. The number of aromatic nitrogens is 3. The highest BCUT2D eigenvalue weighted by molar-refractivity contribution is 7.99. The number of rotatable bonds is 5. The van der Waals surface area contributed by atoms with Crippen LogP contribution in [0.4, 0.5) is 5.69 Å². The van der Waals surface area contributed by atoms with Crippen LogP contribution in [-0.2, 0) is 7.05 Å². The van der Waals surface area contributed by atoms with E-state index >= 15 is 0 Å². The average Bonchev–Trinajstić information content (AvgIpc) is 3.00. The zero-order valence-corrected chi connectivity index (χ0v) is 14.3. The summed E-state index contributed by atoms with van der Waals surface area (Å²) in [6.07, 6.45) is 1.68. The van der Waals surface area contributed by atoms with E-state index in [1.54, 1.807) is 18.1 Å². The molecule has 0 aliphatic carbocycles. The number of hydrogen-bond acceptors (Lipinski definition) is 4. The summed E-state index contributed by atoms with van der Waals surface area (Å²) in [5.41, 5.74) is 2.50. The first-order chi connectivity index (χ1) is 11.6. The fourth-order valence-electron chi connectivity index (χ4n) is 2.26. The highest BCUT2D eigenvalue weighted by Gasteiger charge is 2.13. The number of carbonyl (C=O) groups excluding carboxylic acids is 1. The van der Waals surface area contributed by atoms with Crippen molar-refractivity contribution in [2.45, 2.75) is 17.3 Å². The molecule has 0 saturated heterocycles. The zero-order valence-electron chi connectivity index (χ0n) is 13.5. The van der Waals surface area contributed by atoms with Gasteiger partial charge in [-0.05, 0) is 36.8 Å². The number of hydrogen-bond donors (Lipinski definition) is 1. The summed E-state index contributed by atoms with van der Waals surface area (Å²) in [6, 6.07) is 17.1. The Morgan fingerprint density at radius 1 is 1.17 bits per heavy atom. The molecule has 0 aliphatic heterocycles. The van der Waals surface area contributed by atoms with Gasteiger partial charge in [0.25, 0.3) is 5.91 Å². The smallest absolute Gasteiger partial charge is 0.255 e. The van der Waals surface area contributed by atoms with Crippen LogP contribution >= 0.6 is 11.8 Å². The second kappa shape index (κ2) is 7.31. The van der Waals surface area contributed by atoms with Crippen LogP contribution in [0.2, 0.25) is 0 Å². The summed E-state index contributed by atoms with van der Waals surface area (Å²) in [5.74, 6) is -0.112. The van der Waals surface area contributed by atoms with Crippen LogP contribution in [0.5, 0.6) is 0 Å². The number of nitrogens with zero attached hydrogens (tertiary/aromatic N) is 3. The molecule has 0 spiro atoms. The van der Waals surface area contributed by atoms with Gasteiger partial charge < -0.3 is 9.88 Å². The third kappa shape index (κ3) is 3.83. The van der Waals surface area contributed by atoms with Gasteiger partial charge in [0.1, 0.15) is 6.33 Å². The molecule has 0 fully saturated rings. The predicted octanol–water partition coefficient (Wildman–Crippen LogP) is 3.92. The van der Waals surface area contributed by atoms with Crippen molar-refractivity contribution >= 4 is 23.4 Å². The standard InChI is InChI=1S/C18H18N4OS/c1-13(24-18-21-19-12-22(18)2)14-7-6-8-15(11-14)17(23)20-16-9-4-3-5-10-16/h3-13H,1-2H3,(H,20,23). The van der Waals surface area contributed by atoms with Gasteiger partial charge in [0.15, 0.2) is 5.16 Å². The van der Waals surface area contributed by atoms with Gasteiger partial charge in [-0.2, -0.15) is 0 Å². The van der Waals surface area contributed by atoms with Gasteiger partial charge in [-0.1, -0.05) is 42.1 Å². The first kappa shape index (κ1) is 16.3. The van der Waals surface area contributed by atoms with Crippen molar-refractivity contribution in [3.63, 3.8) is 0 Å². The Kier molecular flexibility index (Phi) is 4.96. The first-order valence-electron chi connectivity index (χ1n) is 7.60. The van der Waals surface area contributed by atoms with Crippen molar-refractivity contribution in [3.8, 4) is 0 Å². The van der Waals surface area contributed by atoms with Crippen LogP contribution in [-0.4, -0.2) is 20.7 Å². The van der Waals surface area contributed by atoms with Gasteiger partial charge in [0.05, 0.1) is 0 Å². The summed E-state index contributed by atoms with van der Waals surface area (Å²) in [4.78, 5) is 12.4. The van der Waals surface area contributed by atoms with E-state index in [0.717, 1.165) is 16.4 Å². The van der Waals surface area contributed by atoms with Crippen LogP contribution in [0.15, 0.2) is 66.1 Å². The van der Waals surface area contributed by atoms with Crippen LogP contribution in [0.25, 0.3) is 0 Å². The third-order valence-corrected chi connectivity index (χ3v) is 4.81. The number of nitrogens with one attached hydrogen (secondary N) is 1. The topological polar surface area (TPSA) is 59.8 Å². The van der Waals surface area contributed by atoms with Crippen molar-refractivity contribution in [1.82, 2.24) is 14.8 Å². The highest BCUT2D eigenvalue weighted by atomic mass is 32.2. The Morgan fingerprint density at radius 2 is 1.96 bits per heavy atom. The van der Waals surface area contributed by atoms with Gasteiger partial charge in [-0.3, -0.25) is 4.79 Å². The Morgan fingerprint density at radius 3 is 2.67 bits per heavy atom. The Balaban J connectivity index is 1.73. The van der Waals surface area contributed by atoms with E-state index in [1.165, 1.54) is 0 Å². The van der Waals surface area contributed by atoms with Crippen molar-refractivity contribution < 1.29 is 4.79 Å². The molecule has 0 aliphatic rings. The molecular weight excluding hydrogens is 320 g/mol. The van der Waals surface area contributed by atoms with Gasteiger partial charge >= 0.3 is 0 Å². The number of para-hydroxylation sites is 1. The molecule has 3 aromatic rings. The van der Waals surface area contributed by atoms with Gasteiger partial charge in [-0.15, -0.1) is 10.2 Å². The van der Waals surface area contributed by atoms with E-state index in [0.29, 0.717) is 5.56 Å². The second-order valence-corrected chi connectivity index (χ2v) is 6.74. The Labute approximate surface area is 145 Å². The lowest BCUT2D eigenvalue weighted by Gasteiger charge is -2.12. The van der Waals surface area contributed by atoms with E-state index in [4.69, 9.17) is 0 Å². The maximum Gasteiger partial charge on any atom is 0.255 e. The molecule has 1 aromatic heterocycles. The van der Waals surface area contributed by atoms with Gasteiger partial charge in [-0.25, -0.2) is 0 Å². The molecule has 1 atom stereocenters. The quantitative estimate of drug-likeness (QED) is 0.716. The number of benzene rings is 2. The number of thioether (sulfide) groups is 1. The van der Waals surface area contributed by atoms with Crippen LogP contribution < -0.4 is 5.32 Å². The monoisotopic (exact) mass is 338 g/mol. The largest absolute Gasteiger partial charge is 0.322 e. The maximum absolute atomic E-state index is 12.4. The molecule has 122 valence electrons. The molecule has 1 N–H and O–H groups in total. The summed E-state index contributed by atoms with van der Waals surface area (Å²) < 4.78 is 1.88. The van der Waals surface area contributed by atoms with Crippen molar-refractivity contribution in [2.75, 3.05) is 5.32 Å². The van der Waals surface area contributed by atoms with Crippen molar-refractivity contribution in [1.29, 1.82) is 0 Å². The SMILES string of the molecule is CC(Sc1nncn1C)c1cccc(C(=O)Nc2ccccc2)c1. The molecule has 1 unspecified atom stereocenters. The number of carbonyl (C=O) groups is 1. The Hall–Kier alpha value is -2.60. The number of anilines is 1. The molecule has 6 heteroatoms. The van der Waals surface area contributed by atoms with Gasteiger partial charge in [0.2, 0.25) is 0 Å². The normalized spacial score (nSPS) is 11.9. The highest BCUT2D eigenvalue weighted by Crippen LogP contribution is 2.33. The molecule has 0 saturated carbocycles. The fraction of sp³-hybridized carbons (Fsp3) is 0.167. The third-order valence-electron chi connectivity index (χ3n) is 3.60. The number of amides is 1. The van der Waals surface area contributed by atoms with Crippen LogP contribution in [0, 0.1) is 0 Å². The molecule has 0 bridgehead atoms. The van der Waals surface area contributed by atoms with E-state index < -0.39 is 0 Å². The summed E-state index contributed by atoms with van der Waals surface area (Å²) in [7, 11) is 1.92. The minimum absolute atomic E-state index is 0.112. The van der Waals surface area contributed by atoms with Crippen LogP contribution in [0.1, 0.15) is 28.1 Å². The fourth-order valence-corrected chi connectivity index (χ4v) is 3.17. The summed E-state index contributed by atoms with van der Waals surface area (Å²) >= 11 is 1.61. The molecule has 2 aromatic carbocycles. The van der Waals surface area contributed by atoms with E-state index in [-0.39, 0.29) is 11.2 Å². The Bertz CT molecular complexity index is 832. The predicted molar refractivity (Wildman–Crippen MR) is 96.1 cm³/mol. The molecule has 3 rings (SSSR count). The lowest BCUT2D eigenvalue weighted by atomic mass is 10.1. The van der Waals surface area contributed by atoms with E-state index in [1.807, 2.05) is 66.2 Å². The van der Waals surface area contributed by atoms with Gasteiger partial charge in [0, 0.05) is 23.5 Å². The summed E-state index contributed by atoms with van der Waals surface area (Å²) in [6.45, 7) is 2.09. The lowest BCUT2D eigenvalue weighted by molar-refractivity contribution is 0.102. The van der Waals surface area contributed by atoms with E-state index in [9.17, 15) is 4.79 Å². The number of aryl methyl sites for hydroxylation is 1. The second-order valence-electron chi connectivity index (χ2n) is 5.43. The van der Waals surface area contributed by atoms with E-state index in [2.05, 4.69) is 22.4 Å². The van der Waals surface area contributed by atoms with Crippen molar-refractivity contribution in [3.05, 3.63) is 72.1 Å². The minimum Gasteiger partial charge on any atom is -0.322 e. The molecule has 1 amide bonds. The molecule has 0 radical (unpaired) electrons. The van der Waals surface area contributed by atoms with Crippen LogP contribution in [0.3, 0.4) is 0 Å². The average molecular weight is 338 g/mol. The summed E-state index contributed by atoms with van der Waals surface area (Å²) in [5, 5.41) is 11.9. The minimum atomic E-state index is -0.112.